The molecule has 8 atom stereocenters. The quantitative estimate of drug-likeness (QED) is 0.810. The molecule has 8 unspecified atom stereocenters. The summed E-state index contributed by atoms with van der Waals surface area (Å²) in [5.41, 5.74) is 1.11. The lowest BCUT2D eigenvalue weighted by molar-refractivity contribution is -0.129. The minimum Gasteiger partial charge on any atom is -0.353 e. The maximum atomic E-state index is 13.4. The monoisotopic (exact) mass is 367 g/mol. The van der Waals surface area contributed by atoms with Crippen LogP contribution in [0.15, 0.2) is 11.6 Å². The normalized spacial score (nSPS) is 48.1. The number of fused-ring (bicyclic) bond motifs is 7. The fourth-order valence-corrected chi connectivity index (χ4v) is 8.38. The summed E-state index contributed by atoms with van der Waals surface area (Å²) in [5.74, 6) is 4.39. The Kier molecular flexibility index (Phi) is 3.85. The molecular weight excluding hydrogens is 334 g/mol. The average molecular weight is 368 g/mol. The predicted molar refractivity (Wildman–Crippen MR) is 104 cm³/mol. The number of hydrogen-bond acceptors (Lipinski definition) is 2. The van der Waals surface area contributed by atoms with Gasteiger partial charge >= 0.3 is 0 Å². The lowest BCUT2D eigenvalue weighted by Gasteiger charge is -2.33. The number of carbonyl (C=O) groups is 2. The van der Waals surface area contributed by atoms with E-state index >= 15 is 0 Å². The van der Waals surface area contributed by atoms with E-state index in [1.807, 2.05) is 0 Å². The van der Waals surface area contributed by atoms with E-state index in [0.29, 0.717) is 41.4 Å². The third kappa shape index (κ3) is 2.45. The summed E-state index contributed by atoms with van der Waals surface area (Å²) < 4.78 is 0. The Labute approximate surface area is 162 Å². The van der Waals surface area contributed by atoms with Crippen LogP contribution in [-0.4, -0.2) is 17.7 Å². The van der Waals surface area contributed by atoms with Crippen LogP contribution in [-0.2, 0) is 9.59 Å². The molecule has 3 heteroatoms. The van der Waals surface area contributed by atoms with Crippen LogP contribution in [0.25, 0.3) is 0 Å². The number of ketones is 1. The number of Topliss-reactive ketones (excluding diaryl/α,β-unsaturated/α-hetero) is 1. The van der Waals surface area contributed by atoms with E-state index in [4.69, 9.17) is 0 Å². The van der Waals surface area contributed by atoms with E-state index in [9.17, 15) is 9.59 Å². The Morgan fingerprint density at radius 3 is 2.26 bits per heavy atom. The number of allylic oxidation sites excluding steroid dienone is 2. The standard InChI is InChI=1S/C24H33NO2/c26-23-19(12-18-13-6-7-15(10-13)21(18)23)20-14-8-9-16(11-14)22(20)24(27)25-17-4-2-1-3-5-17/h12-18,20-22H,1-11H2,(H,25,27). The molecule has 5 fully saturated rings. The first-order chi connectivity index (χ1) is 13.2. The molecule has 0 heterocycles. The van der Waals surface area contributed by atoms with Crippen molar-refractivity contribution in [3.8, 4) is 0 Å². The van der Waals surface area contributed by atoms with Crippen molar-refractivity contribution in [3.05, 3.63) is 11.6 Å². The molecule has 0 aromatic heterocycles. The molecule has 6 aliphatic rings. The molecule has 3 nitrogen and oxygen atoms in total. The summed E-state index contributed by atoms with van der Waals surface area (Å²) in [5, 5.41) is 3.42. The second-order valence-corrected chi connectivity index (χ2v) is 10.7. The number of rotatable bonds is 3. The van der Waals surface area contributed by atoms with Crippen LogP contribution in [0.2, 0.25) is 0 Å². The summed E-state index contributed by atoms with van der Waals surface area (Å²) in [7, 11) is 0. The van der Waals surface area contributed by atoms with Gasteiger partial charge in [-0.2, -0.15) is 0 Å². The molecule has 6 rings (SSSR count). The number of hydrogen-bond donors (Lipinski definition) is 1. The molecular formula is C24H33NO2. The third-order valence-electron chi connectivity index (χ3n) is 9.47. The first kappa shape index (κ1) is 16.8. The lowest BCUT2D eigenvalue weighted by Crippen LogP contribution is -2.44. The lowest BCUT2D eigenvalue weighted by atomic mass is 9.73. The molecule has 1 amide bonds. The van der Waals surface area contributed by atoms with Gasteiger partial charge in [-0.15, -0.1) is 0 Å². The van der Waals surface area contributed by atoms with Gasteiger partial charge in [-0.3, -0.25) is 9.59 Å². The van der Waals surface area contributed by atoms with Crippen molar-refractivity contribution in [1.29, 1.82) is 0 Å². The van der Waals surface area contributed by atoms with E-state index in [-0.39, 0.29) is 17.7 Å². The first-order valence-corrected chi connectivity index (χ1v) is 11.8. The number of nitrogens with one attached hydrogen (secondary N) is 1. The topological polar surface area (TPSA) is 46.2 Å². The van der Waals surface area contributed by atoms with Crippen LogP contribution in [0, 0.1) is 47.3 Å². The van der Waals surface area contributed by atoms with Crippen molar-refractivity contribution in [2.45, 2.75) is 76.7 Å². The van der Waals surface area contributed by atoms with Gasteiger partial charge in [-0.25, -0.2) is 0 Å². The molecule has 1 N–H and O–H groups in total. The predicted octanol–water partition coefficient (Wildman–Crippen LogP) is 4.27. The summed E-state index contributed by atoms with van der Waals surface area (Å²) in [6.07, 6.45) is 16.0. The highest BCUT2D eigenvalue weighted by molar-refractivity contribution is 6.02. The Hall–Kier alpha value is -1.12. The zero-order valence-electron chi connectivity index (χ0n) is 16.4. The molecule has 5 saturated carbocycles. The molecule has 6 aliphatic carbocycles. The molecule has 4 bridgehead atoms. The van der Waals surface area contributed by atoms with E-state index in [1.54, 1.807) is 0 Å². The van der Waals surface area contributed by atoms with Crippen molar-refractivity contribution >= 4 is 11.7 Å². The van der Waals surface area contributed by atoms with Gasteiger partial charge in [0.1, 0.15) is 0 Å². The molecule has 0 saturated heterocycles. The van der Waals surface area contributed by atoms with Gasteiger partial charge in [-0.05, 0) is 86.5 Å². The van der Waals surface area contributed by atoms with Crippen LogP contribution < -0.4 is 5.32 Å². The van der Waals surface area contributed by atoms with Crippen LogP contribution in [0.1, 0.15) is 70.6 Å². The fourth-order valence-electron chi connectivity index (χ4n) is 8.38. The highest BCUT2D eigenvalue weighted by Crippen LogP contribution is 2.61. The largest absolute Gasteiger partial charge is 0.353 e. The molecule has 0 aromatic carbocycles. The van der Waals surface area contributed by atoms with E-state index in [1.165, 1.54) is 57.8 Å². The summed E-state index contributed by atoms with van der Waals surface area (Å²) >= 11 is 0. The van der Waals surface area contributed by atoms with Crippen LogP contribution in [0.5, 0.6) is 0 Å². The third-order valence-corrected chi connectivity index (χ3v) is 9.47. The number of carbonyl (C=O) groups excluding carboxylic acids is 2. The summed E-state index contributed by atoms with van der Waals surface area (Å²) in [6, 6.07) is 0.384. The summed E-state index contributed by atoms with van der Waals surface area (Å²) in [6.45, 7) is 0. The summed E-state index contributed by atoms with van der Waals surface area (Å²) in [4.78, 5) is 26.7. The Balaban J connectivity index is 1.25. The van der Waals surface area contributed by atoms with Crippen molar-refractivity contribution in [1.82, 2.24) is 5.32 Å². The van der Waals surface area contributed by atoms with Gasteiger partial charge in [0.2, 0.25) is 5.91 Å². The highest BCUT2D eigenvalue weighted by Gasteiger charge is 2.59. The molecule has 0 radical (unpaired) electrons. The van der Waals surface area contributed by atoms with Crippen LogP contribution >= 0.6 is 0 Å². The van der Waals surface area contributed by atoms with Gasteiger partial charge < -0.3 is 5.32 Å². The minimum absolute atomic E-state index is 0.0809. The number of amides is 1. The van der Waals surface area contributed by atoms with Crippen molar-refractivity contribution < 1.29 is 9.59 Å². The minimum atomic E-state index is 0.0809. The zero-order valence-corrected chi connectivity index (χ0v) is 16.4. The van der Waals surface area contributed by atoms with Crippen molar-refractivity contribution in [2.75, 3.05) is 0 Å². The molecule has 146 valence electrons. The van der Waals surface area contributed by atoms with Gasteiger partial charge in [0, 0.05) is 23.8 Å². The Bertz CT molecular complexity index is 690. The SMILES string of the molecule is O=C1C(C2C3CCC(C3)C2C(=O)NC2CCCCC2)=CC2C3CCC(C3)C12. The Morgan fingerprint density at radius 1 is 0.815 bits per heavy atom. The van der Waals surface area contributed by atoms with E-state index in [0.717, 1.165) is 24.3 Å². The van der Waals surface area contributed by atoms with Gasteiger partial charge in [0.15, 0.2) is 5.78 Å². The maximum Gasteiger partial charge on any atom is 0.224 e. The Morgan fingerprint density at radius 2 is 1.48 bits per heavy atom. The fraction of sp³-hybridized carbons (Fsp3) is 0.833. The van der Waals surface area contributed by atoms with Crippen molar-refractivity contribution in [2.24, 2.45) is 47.3 Å². The van der Waals surface area contributed by atoms with Gasteiger partial charge in [0.25, 0.3) is 0 Å². The molecule has 27 heavy (non-hydrogen) atoms. The smallest absolute Gasteiger partial charge is 0.224 e. The molecule has 0 aromatic rings. The van der Waals surface area contributed by atoms with Gasteiger partial charge in [0.05, 0.1) is 0 Å². The van der Waals surface area contributed by atoms with Crippen LogP contribution in [0.3, 0.4) is 0 Å². The second-order valence-electron chi connectivity index (χ2n) is 10.7. The van der Waals surface area contributed by atoms with Gasteiger partial charge in [-0.1, -0.05) is 25.3 Å². The first-order valence-electron chi connectivity index (χ1n) is 11.8. The van der Waals surface area contributed by atoms with Crippen LogP contribution in [0.4, 0.5) is 0 Å². The maximum absolute atomic E-state index is 13.4. The average Bonchev–Trinajstić information content (AvgIpc) is 3.47. The van der Waals surface area contributed by atoms with E-state index in [2.05, 4.69) is 11.4 Å². The highest BCUT2D eigenvalue weighted by atomic mass is 16.2. The molecule has 0 spiro atoms. The van der Waals surface area contributed by atoms with Crippen molar-refractivity contribution in [3.63, 3.8) is 0 Å². The molecule has 0 aliphatic heterocycles. The van der Waals surface area contributed by atoms with E-state index < -0.39 is 0 Å². The zero-order chi connectivity index (χ0) is 18.1. The second kappa shape index (κ2) is 6.19.